The third-order valence-electron chi connectivity index (χ3n) is 3.30. The van der Waals surface area contributed by atoms with Gasteiger partial charge in [0.2, 0.25) is 0 Å². The summed E-state index contributed by atoms with van der Waals surface area (Å²) in [6.07, 6.45) is -0.605. The Balaban J connectivity index is 1.93. The van der Waals surface area contributed by atoms with Crippen LogP contribution in [0.1, 0.15) is 13.3 Å². The third kappa shape index (κ3) is 4.35. The van der Waals surface area contributed by atoms with E-state index in [0.717, 1.165) is 4.90 Å². The van der Waals surface area contributed by atoms with Crippen LogP contribution in [0, 0.1) is 0 Å². The Morgan fingerprint density at radius 3 is 2.61 bits per heavy atom. The van der Waals surface area contributed by atoms with Crippen LogP contribution in [0.4, 0.5) is 4.79 Å². The quantitative estimate of drug-likeness (QED) is 0.628. The molecule has 2 rings (SSSR count). The zero-order chi connectivity index (χ0) is 17.0. The van der Waals surface area contributed by atoms with Crippen molar-refractivity contribution in [1.82, 2.24) is 10.2 Å². The van der Waals surface area contributed by atoms with Crippen molar-refractivity contribution in [3.63, 3.8) is 0 Å². The Hall–Kier alpha value is -2.28. The van der Waals surface area contributed by atoms with Gasteiger partial charge in [0.15, 0.2) is 0 Å². The van der Waals surface area contributed by atoms with Crippen molar-refractivity contribution in [2.45, 2.75) is 25.5 Å². The molecule has 7 nitrogen and oxygen atoms in total. The number of imide groups is 1. The summed E-state index contributed by atoms with van der Waals surface area (Å²) in [6.45, 7) is 1.81. The van der Waals surface area contributed by atoms with Gasteiger partial charge in [-0.15, -0.1) is 0 Å². The van der Waals surface area contributed by atoms with Gasteiger partial charge in [-0.3, -0.25) is 14.5 Å². The number of methoxy groups -OCH3 is 1. The molecule has 1 heterocycles. The van der Waals surface area contributed by atoms with E-state index in [2.05, 4.69) is 10.1 Å². The monoisotopic (exact) mass is 340 g/mol. The normalized spacial score (nSPS) is 18.6. The molecular formula is C15H17ClN2O5. The second-order valence-corrected chi connectivity index (χ2v) is 5.55. The van der Waals surface area contributed by atoms with Crippen LogP contribution in [0.5, 0.6) is 5.75 Å². The van der Waals surface area contributed by atoms with Crippen molar-refractivity contribution < 1.29 is 23.9 Å². The van der Waals surface area contributed by atoms with E-state index in [9.17, 15) is 14.4 Å². The van der Waals surface area contributed by atoms with Crippen molar-refractivity contribution in [3.8, 4) is 5.75 Å². The van der Waals surface area contributed by atoms with Gasteiger partial charge in [-0.05, 0) is 31.2 Å². The number of nitrogens with one attached hydrogen (secondary N) is 1. The van der Waals surface area contributed by atoms with Gasteiger partial charge in [0.1, 0.15) is 17.9 Å². The Bertz CT molecular complexity index is 604. The summed E-state index contributed by atoms with van der Waals surface area (Å²) in [5.74, 6) is -0.442. The van der Waals surface area contributed by atoms with Crippen molar-refractivity contribution in [3.05, 3.63) is 29.3 Å². The SMILES string of the molecule is COC(=O)C[C@@H]1NC(=O)N(CC(C)Oc2ccc(Cl)cc2)C1=O. The summed E-state index contributed by atoms with van der Waals surface area (Å²) in [7, 11) is 1.23. The molecule has 1 saturated heterocycles. The van der Waals surface area contributed by atoms with Gasteiger partial charge in [-0.25, -0.2) is 4.79 Å². The highest BCUT2D eigenvalue weighted by atomic mass is 35.5. The van der Waals surface area contributed by atoms with Crippen LogP contribution in [-0.2, 0) is 14.3 Å². The number of carbonyl (C=O) groups is 3. The van der Waals surface area contributed by atoms with Gasteiger partial charge in [-0.2, -0.15) is 0 Å². The van der Waals surface area contributed by atoms with Gasteiger partial charge in [0, 0.05) is 5.02 Å². The van der Waals surface area contributed by atoms with Crippen molar-refractivity contribution in [2.24, 2.45) is 0 Å². The molecule has 1 aliphatic rings. The number of esters is 1. The number of rotatable bonds is 6. The van der Waals surface area contributed by atoms with Gasteiger partial charge in [0.05, 0.1) is 20.1 Å². The summed E-state index contributed by atoms with van der Waals surface area (Å²) in [4.78, 5) is 36.3. The first kappa shape index (κ1) is 17.1. The van der Waals surface area contributed by atoms with E-state index in [-0.39, 0.29) is 13.0 Å². The van der Waals surface area contributed by atoms with E-state index in [1.165, 1.54) is 7.11 Å². The van der Waals surface area contributed by atoms with Gasteiger partial charge >= 0.3 is 12.0 Å². The number of ether oxygens (including phenoxy) is 2. The summed E-state index contributed by atoms with van der Waals surface area (Å²) >= 11 is 5.79. The summed E-state index contributed by atoms with van der Waals surface area (Å²) in [6, 6.07) is 5.33. The molecule has 8 heteroatoms. The average molecular weight is 341 g/mol. The number of halogens is 1. The molecule has 1 aromatic carbocycles. The largest absolute Gasteiger partial charge is 0.489 e. The Labute approximate surface area is 138 Å². The number of nitrogens with zero attached hydrogens (tertiary/aromatic N) is 1. The zero-order valence-electron chi connectivity index (χ0n) is 12.7. The minimum atomic E-state index is -0.891. The Morgan fingerprint density at radius 1 is 1.35 bits per heavy atom. The highest BCUT2D eigenvalue weighted by molar-refractivity contribution is 6.30. The molecule has 1 aliphatic heterocycles. The maximum absolute atomic E-state index is 12.2. The lowest BCUT2D eigenvalue weighted by Gasteiger charge is -2.20. The van der Waals surface area contributed by atoms with Gasteiger partial charge < -0.3 is 14.8 Å². The van der Waals surface area contributed by atoms with E-state index in [1.54, 1.807) is 31.2 Å². The second kappa shape index (κ2) is 7.32. The van der Waals surface area contributed by atoms with Crippen LogP contribution in [-0.4, -0.2) is 48.6 Å². The predicted octanol–water partition coefficient (Wildman–Crippen LogP) is 1.59. The van der Waals surface area contributed by atoms with Crippen LogP contribution >= 0.6 is 11.6 Å². The fraction of sp³-hybridized carbons (Fsp3) is 0.400. The highest BCUT2D eigenvalue weighted by Crippen LogP contribution is 2.18. The molecule has 0 aliphatic carbocycles. The lowest BCUT2D eigenvalue weighted by Crippen LogP contribution is -2.39. The minimum Gasteiger partial charge on any atom is -0.489 e. The third-order valence-corrected chi connectivity index (χ3v) is 3.55. The molecule has 1 N–H and O–H groups in total. The van der Waals surface area contributed by atoms with Crippen LogP contribution in [0.15, 0.2) is 24.3 Å². The second-order valence-electron chi connectivity index (χ2n) is 5.11. The van der Waals surface area contributed by atoms with E-state index >= 15 is 0 Å². The van der Waals surface area contributed by atoms with Crippen LogP contribution in [0.3, 0.4) is 0 Å². The summed E-state index contributed by atoms with van der Waals surface area (Å²) in [5, 5.41) is 3.05. The molecule has 2 atom stereocenters. The molecular weight excluding hydrogens is 324 g/mol. The molecule has 0 bridgehead atoms. The predicted molar refractivity (Wildman–Crippen MR) is 82.2 cm³/mol. The molecule has 0 saturated carbocycles. The standard InChI is InChI=1S/C15H17ClN2O5/c1-9(23-11-5-3-10(16)4-6-11)8-18-14(20)12(17-15(18)21)7-13(19)22-2/h3-6,9,12H,7-8H2,1-2H3,(H,17,21)/t9?,12-/m0/s1. The first-order valence-corrected chi connectivity index (χ1v) is 7.39. The first-order chi connectivity index (χ1) is 10.9. The molecule has 1 aromatic rings. The maximum atomic E-state index is 12.2. The zero-order valence-corrected chi connectivity index (χ0v) is 13.5. The number of amides is 3. The van der Waals surface area contributed by atoms with Crippen LogP contribution < -0.4 is 10.1 Å². The summed E-state index contributed by atoms with van der Waals surface area (Å²) in [5.41, 5.74) is 0. The first-order valence-electron chi connectivity index (χ1n) is 7.01. The number of urea groups is 1. The van der Waals surface area contributed by atoms with E-state index in [1.807, 2.05) is 0 Å². The fourth-order valence-corrected chi connectivity index (χ4v) is 2.30. The number of hydrogen-bond donors (Lipinski definition) is 1. The van der Waals surface area contributed by atoms with Gasteiger partial charge in [-0.1, -0.05) is 11.6 Å². The molecule has 0 radical (unpaired) electrons. The topological polar surface area (TPSA) is 84.9 Å². The number of carbonyl (C=O) groups excluding carboxylic acids is 3. The van der Waals surface area contributed by atoms with E-state index in [0.29, 0.717) is 10.8 Å². The average Bonchev–Trinajstić information content (AvgIpc) is 2.77. The highest BCUT2D eigenvalue weighted by Gasteiger charge is 2.40. The van der Waals surface area contributed by atoms with Crippen LogP contribution in [0.25, 0.3) is 0 Å². The number of hydrogen-bond acceptors (Lipinski definition) is 5. The van der Waals surface area contributed by atoms with Crippen molar-refractivity contribution >= 4 is 29.5 Å². The van der Waals surface area contributed by atoms with Crippen LogP contribution in [0.2, 0.25) is 5.02 Å². The molecule has 1 fully saturated rings. The number of benzene rings is 1. The maximum Gasteiger partial charge on any atom is 0.324 e. The molecule has 1 unspecified atom stereocenters. The molecule has 0 spiro atoms. The summed E-state index contributed by atoms with van der Waals surface area (Å²) < 4.78 is 10.1. The fourth-order valence-electron chi connectivity index (χ4n) is 2.18. The van der Waals surface area contributed by atoms with Gasteiger partial charge in [0.25, 0.3) is 5.91 Å². The van der Waals surface area contributed by atoms with E-state index < -0.39 is 30.1 Å². The van der Waals surface area contributed by atoms with E-state index in [4.69, 9.17) is 16.3 Å². The molecule has 0 aromatic heterocycles. The van der Waals surface area contributed by atoms with Crippen molar-refractivity contribution in [1.29, 1.82) is 0 Å². The Kier molecular flexibility index (Phi) is 5.44. The molecule has 124 valence electrons. The molecule has 3 amide bonds. The Morgan fingerprint density at radius 2 is 2.00 bits per heavy atom. The lowest BCUT2D eigenvalue weighted by molar-refractivity contribution is -0.143. The smallest absolute Gasteiger partial charge is 0.324 e. The molecule has 23 heavy (non-hydrogen) atoms. The lowest BCUT2D eigenvalue weighted by atomic mass is 10.2. The minimum absolute atomic E-state index is 0.0744. The van der Waals surface area contributed by atoms with Crippen molar-refractivity contribution in [2.75, 3.05) is 13.7 Å².